The third-order valence-corrected chi connectivity index (χ3v) is 3.80. The molecule has 0 aromatic heterocycles. The van der Waals surface area contributed by atoms with Crippen LogP contribution in [0.2, 0.25) is 0 Å². The van der Waals surface area contributed by atoms with E-state index in [2.05, 4.69) is 5.32 Å². The summed E-state index contributed by atoms with van der Waals surface area (Å²) >= 11 is 5.98. The Balaban J connectivity index is 1.93. The molecule has 0 saturated carbocycles. The van der Waals surface area contributed by atoms with Crippen molar-refractivity contribution >= 4 is 34.8 Å². The van der Waals surface area contributed by atoms with Crippen molar-refractivity contribution in [2.75, 3.05) is 10.2 Å². The highest BCUT2D eigenvalue weighted by atomic mass is 35.5. The number of anilines is 2. The van der Waals surface area contributed by atoms with Crippen molar-refractivity contribution in [2.24, 2.45) is 0 Å². The molecular weight excluding hydrogens is 319 g/mol. The zero-order valence-corrected chi connectivity index (χ0v) is 12.9. The number of hydrogen-bond acceptors (Lipinski definition) is 3. The molecule has 0 saturated heterocycles. The number of carbonyl (C=O) groups is 2. The van der Waals surface area contributed by atoms with Gasteiger partial charge in [-0.2, -0.15) is 0 Å². The van der Waals surface area contributed by atoms with Crippen molar-refractivity contribution in [1.82, 2.24) is 0 Å². The number of carbonyl (C=O) groups excluding carboxylic acids is 2. The molecule has 0 bridgehead atoms. The van der Waals surface area contributed by atoms with E-state index in [1.807, 2.05) is 6.92 Å². The smallest absolute Gasteiger partial charge is 0.283 e. The second kappa shape index (κ2) is 5.85. The van der Waals surface area contributed by atoms with Gasteiger partial charge in [-0.1, -0.05) is 41.4 Å². The maximum Gasteiger partial charge on any atom is 0.283 e. The van der Waals surface area contributed by atoms with Gasteiger partial charge in [-0.15, -0.1) is 0 Å². The first-order valence-corrected chi connectivity index (χ1v) is 7.23. The first kappa shape index (κ1) is 15.2. The molecule has 2 aromatic carbocycles. The minimum Gasteiger partial charge on any atom is -0.347 e. The van der Waals surface area contributed by atoms with Gasteiger partial charge in [0.2, 0.25) is 0 Å². The fraction of sp³-hybridized carbons (Fsp3) is 0.0588. The SMILES string of the molecule is Cc1ccc(N2C(=O)C(Cl)=C(Nc3ccccc3F)C2=O)cc1. The molecule has 1 aliphatic rings. The summed E-state index contributed by atoms with van der Waals surface area (Å²) in [5.74, 6) is -1.80. The van der Waals surface area contributed by atoms with Gasteiger partial charge in [0.05, 0.1) is 11.4 Å². The van der Waals surface area contributed by atoms with E-state index in [0.29, 0.717) is 5.69 Å². The highest BCUT2D eigenvalue weighted by molar-refractivity contribution is 6.53. The Labute approximate surface area is 137 Å². The van der Waals surface area contributed by atoms with Gasteiger partial charge in [0.1, 0.15) is 16.5 Å². The van der Waals surface area contributed by atoms with Crippen LogP contribution in [0.25, 0.3) is 0 Å². The normalized spacial score (nSPS) is 14.7. The van der Waals surface area contributed by atoms with Gasteiger partial charge in [0, 0.05) is 0 Å². The van der Waals surface area contributed by atoms with E-state index in [4.69, 9.17) is 11.6 Å². The Morgan fingerprint density at radius 2 is 1.65 bits per heavy atom. The molecule has 0 fully saturated rings. The lowest BCUT2D eigenvalue weighted by molar-refractivity contribution is -0.120. The van der Waals surface area contributed by atoms with Gasteiger partial charge >= 0.3 is 0 Å². The van der Waals surface area contributed by atoms with Crippen LogP contribution in [-0.2, 0) is 9.59 Å². The molecule has 0 atom stereocenters. The topological polar surface area (TPSA) is 49.4 Å². The molecule has 116 valence electrons. The molecule has 0 unspecified atom stereocenters. The number of amides is 2. The molecule has 3 rings (SSSR count). The molecule has 0 spiro atoms. The van der Waals surface area contributed by atoms with Crippen LogP contribution >= 0.6 is 11.6 Å². The average Bonchev–Trinajstić information content (AvgIpc) is 2.74. The van der Waals surface area contributed by atoms with E-state index in [-0.39, 0.29) is 16.4 Å². The lowest BCUT2D eigenvalue weighted by atomic mass is 10.2. The average molecular weight is 331 g/mol. The van der Waals surface area contributed by atoms with Crippen LogP contribution in [0.1, 0.15) is 5.56 Å². The molecule has 0 aliphatic carbocycles. The van der Waals surface area contributed by atoms with Crippen molar-refractivity contribution in [3.8, 4) is 0 Å². The first-order chi connectivity index (χ1) is 11.0. The number of para-hydroxylation sites is 1. The summed E-state index contributed by atoms with van der Waals surface area (Å²) in [7, 11) is 0. The minimum atomic E-state index is -0.639. The van der Waals surface area contributed by atoms with Crippen molar-refractivity contribution < 1.29 is 14.0 Å². The maximum absolute atomic E-state index is 13.7. The number of hydrogen-bond donors (Lipinski definition) is 1. The van der Waals surface area contributed by atoms with Crippen molar-refractivity contribution in [3.63, 3.8) is 0 Å². The van der Waals surface area contributed by atoms with Crippen molar-refractivity contribution in [2.45, 2.75) is 6.92 Å². The van der Waals surface area contributed by atoms with Crippen molar-refractivity contribution in [1.29, 1.82) is 0 Å². The number of imide groups is 1. The van der Waals surface area contributed by atoms with Gasteiger partial charge in [-0.3, -0.25) is 9.59 Å². The van der Waals surface area contributed by atoms with Crippen LogP contribution in [0.5, 0.6) is 0 Å². The van der Waals surface area contributed by atoms with Gasteiger partial charge < -0.3 is 5.32 Å². The Morgan fingerprint density at radius 3 is 2.30 bits per heavy atom. The summed E-state index contributed by atoms with van der Waals surface area (Å²) in [6.07, 6.45) is 0. The van der Waals surface area contributed by atoms with Crippen LogP contribution in [0, 0.1) is 12.7 Å². The second-order valence-electron chi connectivity index (χ2n) is 5.08. The third-order valence-electron chi connectivity index (χ3n) is 3.45. The number of halogens is 2. The molecule has 1 aliphatic heterocycles. The summed E-state index contributed by atoms with van der Waals surface area (Å²) in [5, 5.41) is 2.35. The zero-order valence-electron chi connectivity index (χ0n) is 12.1. The number of nitrogens with zero attached hydrogens (tertiary/aromatic N) is 1. The quantitative estimate of drug-likeness (QED) is 0.875. The Bertz CT molecular complexity index is 831. The number of rotatable bonds is 3. The Morgan fingerprint density at radius 1 is 1.00 bits per heavy atom. The van der Waals surface area contributed by atoms with Gasteiger partial charge in [0.15, 0.2) is 0 Å². The maximum atomic E-state index is 13.7. The zero-order chi connectivity index (χ0) is 16.6. The van der Waals surface area contributed by atoms with Crippen molar-refractivity contribution in [3.05, 3.63) is 70.6 Å². The molecule has 6 heteroatoms. The van der Waals surface area contributed by atoms with Crippen LogP contribution in [-0.4, -0.2) is 11.8 Å². The highest BCUT2D eigenvalue weighted by Crippen LogP contribution is 2.30. The fourth-order valence-corrected chi connectivity index (χ4v) is 2.45. The fourth-order valence-electron chi connectivity index (χ4n) is 2.24. The molecule has 2 amide bonds. The van der Waals surface area contributed by atoms with E-state index < -0.39 is 17.6 Å². The van der Waals surface area contributed by atoms with Crippen LogP contribution in [0.3, 0.4) is 0 Å². The summed E-state index contributed by atoms with van der Waals surface area (Å²) in [6.45, 7) is 1.90. The summed E-state index contributed by atoms with van der Waals surface area (Å²) < 4.78 is 13.7. The second-order valence-corrected chi connectivity index (χ2v) is 5.45. The molecule has 23 heavy (non-hydrogen) atoms. The van der Waals surface area contributed by atoms with Crippen LogP contribution in [0.4, 0.5) is 15.8 Å². The Kier molecular flexibility index (Phi) is 3.88. The van der Waals surface area contributed by atoms with E-state index in [1.165, 1.54) is 18.2 Å². The van der Waals surface area contributed by atoms with E-state index in [0.717, 1.165) is 10.5 Å². The molecule has 2 aromatic rings. The van der Waals surface area contributed by atoms with E-state index in [1.54, 1.807) is 30.3 Å². The van der Waals surface area contributed by atoms with Gasteiger partial charge in [0.25, 0.3) is 11.8 Å². The first-order valence-electron chi connectivity index (χ1n) is 6.86. The lowest BCUT2D eigenvalue weighted by Gasteiger charge is -2.15. The van der Waals surface area contributed by atoms with Crippen LogP contribution in [0.15, 0.2) is 59.3 Å². The summed E-state index contributed by atoms with van der Waals surface area (Å²) in [5.41, 5.74) is 1.35. The largest absolute Gasteiger partial charge is 0.347 e. The monoisotopic (exact) mass is 330 g/mol. The highest BCUT2D eigenvalue weighted by Gasteiger charge is 2.39. The lowest BCUT2D eigenvalue weighted by Crippen LogP contribution is -2.32. The van der Waals surface area contributed by atoms with E-state index >= 15 is 0 Å². The summed E-state index contributed by atoms with van der Waals surface area (Å²) in [6, 6.07) is 12.7. The van der Waals surface area contributed by atoms with Crippen LogP contribution < -0.4 is 10.2 Å². The molecular formula is C17H12ClFN2O2. The van der Waals surface area contributed by atoms with Gasteiger partial charge in [-0.25, -0.2) is 9.29 Å². The number of benzene rings is 2. The number of aryl methyl sites for hydroxylation is 1. The molecule has 1 heterocycles. The summed E-state index contributed by atoms with van der Waals surface area (Å²) in [4.78, 5) is 25.7. The molecule has 4 nitrogen and oxygen atoms in total. The predicted octanol–water partition coefficient (Wildman–Crippen LogP) is 3.57. The molecule has 0 radical (unpaired) electrons. The molecule has 1 N–H and O–H groups in total. The minimum absolute atomic E-state index is 0.0764. The predicted molar refractivity (Wildman–Crippen MR) is 86.6 cm³/mol. The standard InChI is InChI=1S/C17H12ClFN2O2/c1-10-6-8-11(9-7-10)21-16(22)14(18)15(17(21)23)20-13-5-3-2-4-12(13)19/h2-9,20H,1H3. The van der Waals surface area contributed by atoms with E-state index in [9.17, 15) is 14.0 Å². The van der Waals surface area contributed by atoms with Gasteiger partial charge in [-0.05, 0) is 31.2 Å². The third kappa shape index (κ3) is 2.71. The number of nitrogens with one attached hydrogen (secondary N) is 1. The Hall–Kier alpha value is -2.66.